The third-order valence-electron chi connectivity index (χ3n) is 4.83. The molecule has 1 fully saturated rings. The Labute approximate surface area is 137 Å². The van der Waals surface area contributed by atoms with Crippen molar-refractivity contribution >= 4 is 5.91 Å². The summed E-state index contributed by atoms with van der Waals surface area (Å²) >= 11 is 0. The van der Waals surface area contributed by atoms with Crippen molar-refractivity contribution in [3.05, 3.63) is 23.8 Å². The number of carbonyl (C=O) groups is 1. The molecule has 1 saturated heterocycles. The number of nitrogens with one attached hydrogen (secondary N) is 2. The molecule has 23 heavy (non-hydrogen) atoms. The largest absolute Gasteiger partial charge is 0.486 e. The summed E-state index contributed by atoms with van der Waals surface area (Å²) in [5, 5.41) is 6.45. The molecule has 0 saturated carbocycles. The predicted molar refractivity (Wildman–Crippen MR) is 89.1 cm³/mol. The molecule has 1 unspecified atom stereocenters. The van der Waals surface area contributed by atoms with Crippen LogP contribution in [0.3, 0.4) is 0 Å². The van der Waals surface area contributed by atoms with Crippen molar-refractivity contribution in [1.82, 2.24) is 10.6 Å². The average molecular weight is 318 g/mol. The predicted octanol–water partition coefficient (Wildman–Crippen LogP) is 1.85. The molecular weight excluding hydrogens is 292 g/mol. The van der Waals surface area contributed by atoms with Crippen LogP contribution in [0.5, 0.6) is 11.5 Å². The Morgan fingerprint density at radius 2 is 2.09 bits per heavy atom. The number of amides is 1. The standard InChI is InChI=1S/C18H26N2O3/c1-18(2,17(21)20-8-6-13-5-7-19-12-13)14-3-4-15-16(11-14)23-10-9-22-15/h3-4,11,13,19H,5-10,12H2,1-2H3,(H,20,21). The molecular formula is C18H26N2O3. The summed E-state index contributed by atoms with van der Waals surface area (Å²) in [5.74, 6) is 2.23. The Morgan fingerprint density at radius 3 is 2.83 bits per heavy atom. The Kier molecular flexibility index (Phi) is 4.76. The highest BCUT2D eigenvalue weighted by molar-refractivity contribution is 5.87. The fourth-order valence-corrected chi connectivity index (χ4v) is 3.13. The third kappa shape index (κ3) is 3.61. The first-order valence-corrected chi connectivity index (χ1v) is 8.46. The first-order valence-electron chi connectivity index (χ1n) is 8.46. The molecule has 1 aromatic carbocycles. The lowest BCUT2D eigenvalue weighted by Gasteiger charge is -2.27. The molecule has 0 aliphatic carbocycles. The van der Waals surface area contributed by atoms with Crippen molar-refractivity contribution in [1.29, 1.82) is 0 Å². The van der Waals surface area contributed by atoms with Crippen molar-refractivity contribution < 1.29 is 14.3 Å². The fraction of sp³-hybridized carbons (Fsp3) is 0.611. The molecule has 3 rings (SSSR count). The summed E-state index contributed by atoms with van der Waals surface area (Å²) in [7, 11) is 0. The van der Waals surface area contributed by atoms with Crippen molar-refractivity contribution in [2.45, 2.75) is 32.1 Å². The Hall–Kier alpha value is -1.75. The number of fused-ring (bicyclic) bond motifs is 1. The van der Waals surface area contributed by atoms with Gasteiger partial charge in [0.05, 0.1) is 5.41 Å². The Morgan fingerprint density at radius 1 is 1.30 bits per heavy atom. The lowest BCUT2D eigenvalue weighted by Crippen LogP contribution is -2.41. The van der Waals surface area contributed by atoms with Gasteiger partial charge < -0.3 is 20.1 Å². The number of rotatable bonds is 5. The highest BCUT2D eigenvalue weighted by atomic mass is 16.6. The van der Waals surface area contributed by atoms with Gasteiger partial charge in [-0.15, -0.1) is 0 Å². The zero-order chi connectivity index (χ0) is 16.3. The van der Waals surface area contributed by atoms with Gasteiger partial charge in [0.2, 0.25) is 5.91 Å². The van der Waals surface area contributed by atoms with Crippen molar-refractivity contribution in [3.63, 3.8) is 0 Å². The lowest BCUT2D eigenvalue weighted by atomic mass is 9.83. The van der Waals surface area contributed by atoms with Crippen LogP contribution in [-0.2, 0) is 10.2 Å². The van der Waals surface area contributed by atoms with Gasteiger partial charge in [0, 0.05) is 6.54 Å². The minimum atomic E-state index is -0.593. The summed E-state index contributed by atoms with van der Waals surface area (Å²) in [6.45, 7) is 7.93. The molecule has 0 aromatic heterocycles. The average Bonchev–Trinajstić information content (AvgIpc) is 3.07. The first kappa shape index (κ1) is 16.1. The maximum atomic E-state index is 12.6. The van der Waals surface area contributed by atoms with Gasteiger partial charge >= 0.3 is 0 Å². The Bertz CT molecular complexity index is 565. The van der Waals surface area contributed by atoms with Crippen molar-refractivity contribution in [2.75, 3.05) is 32.8 Å². The molecule has 0 bridgehead atoms. The monoisotopic (exact) mass is 318 g/mol. The maximum absolute atomic E-state index is 12.6. The van der Waals surface area contributed by atoms with Gasteiger partial charge in [-0.05, 0) is 63.4 Å². The van der Waals surface area contributed by atoms with Crippen LogP contribution >= 0.6 is 0 Å². The van der Waals surface area contributed by atoms with E-state index in [4.69, 9.17) is 9.47 Å². The van der Waals surface area contributed by atoms with Crippen LogP contribution in [0.4, 0.5) is 0 Å². The number of ether oxygens (including phenoxy) is 2. The molecule has 1 aromatic rings. The molecule has 5 heteroatoms. The van der Waals surface area contributed by atoms with Crippen LogP contribution in [0.25, 0.3) is 0 Å². The third-order valence-corrected chi connectivity index (χ3v) is 4.83. The molecule has 2 aliphatic heterocycles. The fourth-order valence-electron chi connectivity index (χ4n) is 3.13. The second-order valence-corrected chi connectivity index (χ2v) is 6.89. The Balaban J connectivity index is 1.61. The molecule has 0 spiro atoms. The summed E-state index contributed by atoms with van der Waals surface area (Å²) in [4.78, 5) is 12.6. The summed E-state index contributed by atoms with van der Waals surface area (Å²) in [6, 6.07) is 5.77. The van der Waals surface area contributed by atoms with Gasteiger partial charge in [0.25, 0.3) is 0 Å². The van der Waals surface area contributed by atoms with Gasteiger partial charge in [-0.3, -0.25) is 4.79 Å². The van der Waals surface area contributed by atoms with E-state index in [1.165, 1.54) is 6.42 Å². The van der Waals surface area contributed by atoms with E-state index in [9.17, 15) is 4.79 Å². The maximum Gasteiger partial charge on any atom is 0.230 e. The van der Waals surface area contributed by atoms with E-state index in [1.54, 1.807) is 0 Å². The lowest BCUT2D eigenvalue weighted by molar-refractivity contribution is -0.125. The van der Waals surface area contributed by atoms with Crippen LogP contribution in [0, 0.1) is 5.92 Å². The van der Waals surface area contributed by atoms with Crippen LogP contribution in [0.2, 0.25) is 0 Å². The number of carbonyl (C=O) groups excluding carboxylic acids is 1. The molecule has 2 N–H and O–H groups in total. The van der Waals surface area contributed by atoms with Crippen LogP contribution in [0.1, 0.15) is 32.3 Å². The molecule has 126 valence electrons. The molecule has 5 nitrogen and oxygen atoms in total. The van der Waals surface area contributed by atoms with E-state index in [0.29, 0.717) is 19.1 Å². The van der Waals surface area contributed by atoms with E-state index in [2.05, 4.69) is 10.6 Å². The van der Waals surface area contributed by atoms with Gasteiger partial charge in [0.1, 0.15) is 13.2 Å². The first-order chi connectivity index (χ1) is 11.1. The minimum Gasteiger partial charge on any atom is -0.486 e. The molecule has 1 atom stereocenters. The van der Waals surface area contributed by atoms with Crippen molar-refractivity contribution in [2.24, 2.45) is 5.92 Å². The number of benzene rings is 1. The smallest absolute Gasteiger partial charge is 0.230 e. The summed E-state index contributed by atoms with van der Waals surface area (Å²) < 4.78 is 11.2. The summed E-state index contributed by atoms with van der Waals surface area (Å²) in [6.07, 6.45) is 2.25. The van der Waals surface area contributed by atoms with Crippen LogP contribution in [-0.4, -0.2) is 38.8 Å². The number of hydrogen-bond donors (Lipinski definition) is 2. The highest BCUT2D eigenvalue weighted by Gasteiger charge is 2.31. The molecule has 1 amide bonds. The zero-order valence-electron chi connectivity index (χ0n) is 14.0. The quantitative estimate of drug-likeness (QED) is 0.870. The van der Waals surface area contributed by atoms with Gasteiger partial charge in [-0.25, -0.2) is 0 Å². The van der Waals surface area contributed by atoms with E-state index < -0.39 is 5.41 Å². The highest BCUT2D eigenvalue weighted by Crippen LogP contribution is 2.35. The van der Waals surface area contributed by atoms with E-state index in [1.807, 2.05) is 32.0 Å². The van der Waals surface area contributed by atoms with Crippen LogP contribution in [0.15, 0.2) is 18.2 Å². The molecule has 2 heterocycles. The van der Waals surface area contributed by atoms with Crippen molar-refractivity contribution in [3.8, 4) is 11.5 Å². The SMILES string of the molecule is CC(C)(C(=O)NCCC1CCNC1)c1ccc2c(c1)OCCO2. The van der Waals surface area contributed by atoms with E-state index in [0.717, 1.165) is 43.1 Å². The van der Waals surface area contributed by atoms with Crippen LogP contribution < -0.4 is 20.1 Å². The van der Waals surface area contributed by atoms with E-state index in [-0.39, 0.29) is 5.91 Å². The molecule has 2 aliphatic rings. The topological polar surface area (TPSA) is 59.6 Å². The number of hydrogen-bond acceptors (Lipinski definition) is 4. The van der Waals surface area contributed by atoms with Gasteiger partial charge in [-0.1, -0.05) is 6.07 Å². The second-order valence-electron chi connectivity index (χ2n) is 6.89. The molecule has 0 radical (unpaired) electrons. The summed E-state index contributed by atoms with van der Waals surface area (Å²) in [5.41, 5.74) is 0.353. The minimum absolute atomic E-state index is 0.0557. The van der Waals surface area contributed by atoms with Gasteiger partial charge in [-0.2, -0.15) is 0 Å². The second kappa shape index (κ2) is 6.79. The van der Waals surface area contributed by atoms with E-state index >= 15 is 0 Å². The zero-order valence-corrected chi connectivity index (χ0v) is 14.0. The normalized spacial score (nSPS) is 20.3. The van der Waals surface area contributed by atoms with Gasteiger partial charge in [0.15, 0.2) is 11.5 Å².